The summed E-state index contributed by atoms with van der Waals surface area (Å²) < 4.78 is 7.42. The van der Waals surface area contributed by atoms with Gasteiger partial charge in [-0.25, -0.2) is 4.79 Å². The van der Waals surface area contributed by atoms with Crippen LogP contribution in [0.25, 0.3) is 5.00 Å². The first-order chi connectivity index (χ1) is 9.28. The number of aromatic nitrogens is 6. The molecule has 8 nitrogen and oxygen atoms in total. The van der Waals surface area contributed by atoms with Crippen LogP contribution in [-0.4, -0.2) is 29.9 Å². The highest BCUT2D eigenvalue weighted by Gasteiger charge is 2.12. The van der Waals surface area contributed by atoms with Crippen molar-refractivity contribution in [1.82, 2.24) is 29.9 Å². The fraction of sp³-hybridized carbons (Fsp3) is 0.300. The van der Waals surface area contributed by atoms with E-state index in [0.717, 1.165) is 5.00 Å². The minimum atomic E-state index is -0.328. The minimum Gasteiger partial charge on any atom is -0.339 e. The number of hydrogen-bond donors (Lipinski definition) is 0. The van der Waals surface area contributed by atoms with Gasteiger partial charge in [0.25, 0.3) is 0 Å². The molecular formula is C10H10N6O2S. The van der Waals surface area contributed by atoms with E-state index >= 15 is 0 Å². The average Bonchev–Trinajstić information content (AvgIpc) is 3.12. The predicted molar refractivity (Wildman–Crippen MR) is 66.3 cm³/mol. The van der Waals surface area contributed by atoms with Gasteiger partial charge in [0, 0.05) is 6.42 Å². The molecule has 0 aliphatic heterocycles. The van der Waals surface area contributed by atoms with Gasteiger partial charge in [-0.05, 0) is 27.9 Å². The second-order valence-electron chi connectivity index (χ2n) is 3.74. The molecule has 3 aromatic heterocycles. The number of aryl methyl sites for hydroxylation is 1. The monoisotopic (exact) mass is 278 g/mol. The quantitative estimate of drug-likeness (QED) is 0.689. The zero-order chi connectivity index (χ0) is 13.2. The summed E-state index contributed by atoms with van der Waals surface area (Å²) in [6, 6.07) is 3.65. The molecule has 98 valence electrons. The summed E-state index contributed by atoms with van der Waals surface area (Å²) in [5.74, 6) is 0.950. The van der Waals surface area contributed by atoms with Gasteiger partial charge in [0.2, 0.25) is 5.89 Å². The first-order valence-electron chi connectivity index (χ1n) is 5.66. The Morgan fingerprint density at radius 2 is 2.32 bits per heavy atom. The summed E-state index contributed by atoms with van der Waals surface area (Å²) in [7, 11) is 0. The Labute approximate surface area is 111 Å². The minimum absolute atomic E-state index is 0.147. The third-order valence-electron chi connectivity index (χ3n) is 2.46. The van der Waals surface area contributed by atoms with Crippen LogP contribution in [0.2, 0.25) is 0 Å². The van der Waals surface area contributed by atoms with Crippen LogP contribution in [0.5, 0.6) is 0 Å². The molecule has 0 bridgehead atoms. The van der Waals surface area contributed by atoms with E-state index in [1.807, 2.05) is 18.4 Å². The molecule has 0 saturated heterocycles. The second kappa shape index (κ2) is 4.76. The van der Waals surface area contributed by atoms with E-state index < -0.39 is 0 Å². The van der Waals surface area contributed by atoms with Gasteiger partial charge < -0.3 is 4.52 Å². The molecule has 0 amide bonds. The number of thiophene rings is 1. The molecule has 0 saturated carbocycles. The van der Waals surface area contributed by atoms with Crippen LogP contribution in [0.3, 0.4) is 0 Å². The maximum Gasteiger partial charge on any atom is 0.369 e. The smallest absolute Gasteiger partial charge is 0.339 e. The summed E-state index contributed by atoms with van der Waals surface area (Å²) in [5.41, 5.74) is -0.328. The standard InChI is InChI=1S/C10H10N6O2S/c1-2-8-11-7(12-18-8)6-15-10(17)16(14-13-15)9-4-3-5-19-9/h3-5H,2,6H2,1H3. The first-order valence-corrected chi connectivity index (χ1v) is 6.54. The maximum atomic E-state index is 12.1. The number of hydrogen-bond acceptors (Lipinski definition) is 7. The van der Waals surface area contributed by atoms with Crippen molar-refractivity contribution >= 4 is 11.3 Å². The van der Waals surface area contributed by atoms with Crippen molar-refractivity contribution in [1.29, 1.82) is 0 Å². The summed E-state index contributed by atoms with van der Waals surface area (Å²) in [6.45, 7) is 2.06. The van der Waals surface area contributed by atoms with E-state index in [9.17, 15) is 4.79 Å². The largest absolute Gasteiger partial charge is 0.369 e. The lowest BCUT2D eigenvalue weighted by Gasteiger charge is -1.92. The van der Waals surface area contributed by atoms with E-state index in [-0.39, 0.29) is 12.2 Å². The third kappa shape index (κ3) is 2.19. The number of rotatable bonds is 4. The van der Waals surface area contributed by atoms with Crippen LogP contribution in [-0.2, 0) is 13.0 Å². The van der Waals surface area contributed by atoms with Crippen molar-refractivity contribution < 1.29 is 4.52 Å². The maximum absolute atomic E-state index is 12.1. The van der Waals surface area contributed by atoms with Gasteiger partial charge in [0.1, 0.15) is 11.5 Å². The molecule has 0 aliphatic carbocycles. The molecule has 0 spiro atoms. The van der Waals surface area contributed by atoms with Crippen molar-refractivity contribution in [2.75, 3.05) is 0 Å². The molecule has 9 heteroatoms. The average molecular weight is 278 g/mol. The molecule has 0 N–H and O–H groups in total. The lowest BCUT2D eigenvalue weighted by molar-refractivity contribution is 0.374. The van der Waals surface area contributed by atoms with Crippen molar-refractivity contribution in [3.05, 3.63) is 39.7 Å². The SMILES string of the molecule is CCc1nc(Cn2nnn(-c3cccs3)c2=O)no1. The summed E-state index contributed by atoms with van der Waals surface area (Å²) in [5, 5.41) is 14.0. The van der Waals surface area contributed by atoms with E-state index in [2.05, 4.69) is 20.6 Å². The van der Waals surface area contributed by atoms with Crippen LogP contribution in [0, 0.1) is 0 Å². The molecule has 3 rings (SSSR count). The highest BCUT2D eigenvalue weighted by Crippen LogP contribution is 2.10. The highest BCUT2D eigenvalue weighted by atomic mass is 32.1. The zero-order valence-corrected chi connectivity index (χ0v) is 10.9. The van der Waals surface area contributed by atoms with Gasteiger partial charge >= 0.3 is 5.69 Å². The Kier molecular flexibility index (Phi) is 2.95. The van der Waals surface area contributed by atoms with E-state index in [4.69, 9.17) is 4.52 Å². The molecule has 3 aromatic rings. The normalized spacial score (nSPS) is 11.0. The number of tetrazole rings is 1. The van der Waals surface area contributed by atoms with Crippen molar-refractivity contribution in [3.63, 3.8) is 0 Å². The van der Waals surface area contributed by atoms with Gasteiger partial charge in [-0.1, -0.05) is 12.1 Å². The molecule has 0 unspecified atom stereocenters. The molecule has 0 radical (unpaired) electrons. The van der Waals surface area contributed by atoms with Gasteiger partial charge in [-0.15, -0.1) is 11.3 Å². The fourth-order valence-electron chi connectivity index (χ4n) is 1.53. The van der Waals surface area contributed by atoms with Gasteiger partial charge in [0.15, 0.2) is 5.82 Å². The predicted octanol–water partition coefficient (Wildman–Crippen LogP) is 0.484. The Bertz CT molecular complexity index is 725. The van der Waals surface area contributed by atoms with Crippen molar-refractivity contribution in [3.8, 4) is 5.00 Å². The molecule has 0 aliphatic rings. The van der Waals surface area contributed by atoms with Crippen molar-refractivity contribution in [2.45, 2.75) is 19.9 Å². The van der Waals surface area contributed by atoms with Crippen LogP contribution < -0.4 is 5.69 Å². The van der Waals surface area contributed by atoms with Crippen LogP contribution in [0.1, 0.15) is 18.6 Å². The Hall–Kier alpha value is -2.29. The molecule has 19 heavy (non-hydrogen) atoms. The lowest BCUT2D eigenvalue weighted by Crippen LogP contribution is -2.24. The van der Waals surface area contributed by atoms with E-state index in [1.54, 1.807) is 6.07 Å². The number of nitrogens with zero attached hydrogens (tertiary/aromatic N) is 6. The lowest BCUT2D eigenvalue weighted by atomic mass is 10.5. The Balaban J connectivity index is 1.88. The first kappa shape index (κ1) is 11.8. The van der Waals surface area contributed by atoms with E-state index in [0.29, 0.717) is 18.1 Å². The van der Waals surface area contributed by atoms with Gasteiger partial charge in [0.05, 0.1) is 0 Å². The second-order valence-corrected chi connectivity index (χ2v) is 4.67. The fourth-order valence-corrected chi connectivity index (χ4v) is 2.20. The molecular weight excluding hydrogens is 268 g/mol. The van der Waals surface area contributed by atoms with Crippen LogP contribution in [0.4, 0.5) is 0 Å². The Morgan fingerprint density at radius 3 is 3.00 bits per heavy atom. The zero-order valence-electron chi connectivity index (χ0n) is 10.1. The highest BCUT2D eigenvalue weighted by molar-refractivity contribution is 7.12. The van der Waals surface area contributed by atoms with E-state index in [1.165, 1.54) is 20.7 Å². The summed E-state index contributed by atoms with van der Waals surface area (Å²) >= 11 is 1.41. The molecule has 3 heterocycles. The van der Waals surface area contributed by atoms with Crippen molar-refractivity contribution in [2.24, 2.45) is 0 Å². The summed E-state index contributed by atoms with van der Waals surface area (Å²) in [6.07, 6.45) is 0.657. The summed E-state index contributed by atoms with van der Waals surface area (Å²) in [4.78, 5) is 16.2. The third-order valence-corrected chi connectivity index (χ3v) is 3.30. The molecule has 0 atom stereocenters. The topological polar surface area (TPSA) is 91.6 Å². The van der Waals surface area contributed by atoms with Crippen LogP contribution >= 0.6 is 11.3 Å². The Morgan fingerprint density at radius 1 is 1.42 bits per heavy atom. The molecule has 0 fully saturated rings. The van der Waals surface area contributed by atoms with Gasteiger partial charge in [-0.2, -0.15) is 14.3 Å². The van der Waals surface area contributed by atoms with Crippen LogP contribution in [0.15, 0.2) is 26.8 Å². The molecule has 0 aromatic carbocycles. The van der Waals surface area contributed by atoms with Gasteiger partial charge in [-0.3, -0.25) is 0 Å².